The van der Waals surface area contributed by atoms with Gasteiger partial charge < -0.3 is 10.1 Å². The minimum Gasteiger partial charge on any atom is -0.497 e. The maximum absolute atomic E-state index is 12.9. The lowest BCUT2D eigenvalue weighted by atomic mass is 10.2. The van der Waals surface area contributed by atoms with E-state index in [1.165, 1.54) is 37.6 Å². The van der Waals surface area contributed by atoms with Gasteiger partial charge in [-0.15, -0.1) is 0 Å². The number of hydrogen-bond acceptors (Lipinski definition) is 5. The van der Waals surface area contributed by atoms with E-state index in [9.17, 15) is 12.8 Å². The highest BCUT2D eigenvalue weighted by atomic mass is 32.2. The molecule has 0 radical (unpaired) electrons. The molecule has 3 aromatic rings. The standard InChI is InChI=1S/C19H18FN3O3S/c1-26-17-7-9-18(10-8-17)27(24,25)23-16-6-11-19(22-13-16)21-12-14-2-4-15(20)5-3-14/h2-11,13,23H,12H2,1H3,(H,21,22). The Morgan fingerprint density at radius 1 is 1.00 bits per heavy atom. The molecule has 0 saturated carbocycles. The van der Waals surface area contributed by atoms with Gasteiger partial charge in [-0.05, 0) is 54.1 Å². The number of nitrogens with one attached hydrogen (secondary N) is 2. The first-order chi connectivity index (χ1) is 13.0. The van der Waals surface area contributed by atoms with E-state index in [2.05, 4.69) is 15.0 Å². The lowest BCUT2D eigenvalue weighted by Crippen LogP contribution is -2.13. The number of anilines is 2. The van der Waals surface area contributed by atoms with Gasteiger partial charge in [-0.3, -0.25) is 4.72 Å². The van der Waals surface area contributed by atoms with Gasteiger partial charge in [0, 0.05) is 6.54 Å². The van der Waals surface area contributed by atoms with Crippen molar-refractivity contribution in [1.29, 1.82) is 0 Å². The van der Waals surface area contributed by atoms with Gasteiger partial charge in [-0.25, -0.2) is 17.8 Å². The van der Waals surface area contributed by atoms with Crippen molar-refractivity contribution in [3.05, 3.63) is 78.2 Å². The summed E-state index contributed by atoms with van der Waals surface area (Å²) < 4.78 is 45.2. The molecule has 140 valence electrons. The summed E-state index contributed by atoms with van der Waals surface area (Å²) in [6.07, 6.45) is 1.42. The molecule has 0 bridgehead atoms. The SMILES string of the molecule is COc1ccc(S(=O)(=O)Nc2ccc(NCc3ccc(F)cc3)nc2)cc1. The molecule has 0 aliphatic heterocycles. The summed E-state index contributed by atoms with van der Waals surface area (Å²) in [5, 5.41) is 3.09. The average Bonchev–Trinajstić information content (AvgIpc) is 2.68. The van der Waals surface area contributed by atoms with Gasteiger partial charge >= 0.3 is 0 Å². The van der Waals surface area contributed by atoms with Crippen LogP contribution in [0.4, 0.5) is 15.9 Å². The zero-order chi connectivity index (χ0) is 19.3. The molecule has 1 aromatic heterocycles. The van der Waals surface area contributed by atoms with Crippen molar-refractivity contribution in [2.45, 2.75) is 11.4 Å². The molecule has 0 aliphatic rings. The Balaban J connectivity index is 1.63. The molecule has 0 saturated heterocycles. The van der Waals surface area contributed by atoms with Crippen LogP contribution in [0.1, 0.15) is 5.56 Å². The van der Waals surface area contributed by atoms with Crippen LogP contribution in [-0.2, 0) is 16.6 Å². The van der Waals surface area contributed by atoms with Crippen molar-refractivity contribution in [3.63, 3.8) is 0 Å². The summed E-state index contributed by atoms with van der Waals surface area (Å²) in [5.74, 6) is 0.865. The molecule has 6 nitrogen and oxygen atoms in total. The van der Waals surface area contributed by atoms with Gasteiger partial charge in [0.25, 0.3) is 10.0 Å². The van der Waals surface area contributed by atoms with Crippen LogP contribution in [0, 0.1) is 5.82 Å². The summed E-state index contributed by atoms with van der Waals surface area (Å²) in [6.45, 7) is 0.476. The summed E-state index contributed by atoms with van der Waals surface area (Å²) >= 11 is 0. The van der Waals surface area contributed by atoms with Crippen LogP contribution in [0.5, 0.6) is 5.75 Å². The molecule has 3 rings (SSSR count). The first-order valence-electron chi connectivity index (χ1n) is 8.07. The van der Waals surface area contributed by atoms with E-state index in [0.717, 1.165) is 5.56 Å². The van der Waals surface area contributed by atoms with E-state index in [1.807, 2.05) is 0 Å². The van der Waals surface area contributed by atoms with Gasteiger partial charge in [0.05, 0.1) is 23.9 Å². The third-order valence-electron chi connectivity index (χ3n) is 3.77. The molecular formula is C19H18FN3O3S. The van der Waals surface area contributed by atoms with E-state index in [4.69, 9.17) is 4.74 Å². The molecule has 1 heterocycles. The van der Waals surface area contributed by atoms with Crippen LogP contribution in [0.15, 0.2) is 71.8 Å². The molecule has 0 amide bonds. The van der Waals surface area contributed by atoms with Crippen molar-refractivity contribution in [1.82, 2.24) is 4.98 Å². The van der Waals surface area contributed by atoms with E-state index in [0.29, 0.717) is 23.8 Å². The molecule has 0 atom stereocenters. The molecule has 2 N–H and O–H groups in total. The molecular weight excluding hydrogens is 369 g/mol. The first-order valence-corrected chi connectivity index (χ1v) is 9.56. The largest absolute Gasteiger partial charge is 0.497 e. The molecule has 2 aromatic carbocycles. The van der Waals surface area contributed by atoms with Gasteiger partial charge in [-0.1, -0.05) is 12.1 Å². The highest BCUT2D eigenvalue weighted by Crippen LogP contribution is 2.19. The predicted octanol–water partition coefficient (Wildman–Crippen LogP) is 3.64. The van der Waals surface area contributed by atoms with Crippen molar-refractivity contribution < 1.29 is 17.5 Å². The third-order valence-corrected chi connectivity index (χ3v) is 5.17. The van der Waals surface area contributed by atoms with Crippen LogP contribution in [0.25, 0.3) is 0 Å². The Morgan fingerprint density at radius 3 is 2.30 bits per heavy atom. The average molecular weight is 387 g/mol. The first kappa shape index (κ1) is 18.7. The second kappa shape index (κ2) is 8.05. The van der Waals surface area contributed by atoms with Crippen molar-refractivity contribution in [2.75, 3.05) is 17.1 Å². The molecule has 27 heavy (non-hydrogen) atoms. The zero-order valence-corrected chi connectivity index (χ0v) is 15.3. The Labute approximate surface area is 157 Å². The van der Waals surface area contributed by atoms with Crippen LogP contribution in [0.3, 0.4) is 0 Å². The number of sulfonamides is 1. The topological polar surface area (TPSA) is 80.3 Å². The van der Waals surface area contributed by atoms with Crippen LogP contribution < -0.4 is 14.8 Å². The zero-order valence-electron chi connectivity index (χ0n) is 14.5. The summed E-state index contributed by atoms with van der Waals surface area (Å²) in [6, 6.07) is 15.5. The fraction of sp³-hybridized carbons (Fsp3) is 0.105. The number of rotatable bonds is 7. The van der Waals surface area contributed by atoms with Crippen molar-refractivity contribution in [2.24, 2.45) is 0 Å². The number of aromatic nitrogens is 1. The fourth-order valence-electron chi connectivity index (χ4n) is 2.32. The van der Waals surface area contributed by atoms with Gasteiger partial charge in [-0.2, -0.15) is 0 Å². The van der Waals surface area contributed by atoms with Crippen LogP contribution in [-0.4, -0.2) is 20.5 Å². The van der Waals surface area contributed by atoms with Gasteiger partial charge in [0.2, 0.25) is 0 Å². The Morgan fingerprint density at radius 2 is 1.70 bits per heavy atom. The lowest BCUT2D eigenvalue weighted by Gasteiger charge is -2.10. The summed E-state index contributed by atoms with van der Waals surface area (Å²) in [5.41, 5.74) is 1.25. The highest BCUT2D eigenvalue weighted by molar-refractivity contribution is 7.92. The van der Waals surface area contributed by atoms with Crippen LogP contribution in [0.2, 0.25) is 0 Å². The van der Waals surface area contributed by atoms with Crippen molar-refractivity contribution >= 4 is 21.5 Å². The van der Waals surface area contributed by atoms with E-state index in [-0.39, 0.29) is 10.7 Å². The number of nitrogens with zero attached hydrogens (tertiary/aromatic N) is 1. The van der Waals surface area contributed by atoms with Crippen molar-refractivity contribution in [3.8, 4) is 5.75 Å². The molecule has 0 fully saturated rings. The second-order valence-electron chi connectivity index (χ2n) is 5.69. The monoisotopic (exact) mass is 387 g/mol. The molecule has 0 spiro atoms. The fourth-order valence-corrected chi connectivity index (χ4v) is 3.37. The number of pyridine rings is 1. The quantitative estimate of drug-likeness (QED) is 0.647. The summed E-state index contributed by atoms with van der Waals surface area (Å²) in [7, 11) is -2.20. The molecule has 0 aliphatic carbocycles. The smallest absolute Gasteiger partial charge is 0.261 e. The van der Waals surface area contributed by atoms with Crippen LogP contribution >= 0.6 is 0 Å². The third kappa shape index (κ3) is 4.95. The molecule has 0 unspecified atom stereocenters. The van der Waals surface area contributed by atoms with E-state index < -0.39 is 10.0 Å². The van der Waals surface area contributed by atoms with Gasteiger partial charge in [0.15, 0.2) is 0 Å². The number of methoxy groups -OCH3 is 1. The second-order valence-corrected chi connectivity index (χ2v) is 7.38. The Bertz CT molecular complexity index is 990. The normalized spacial score (nSPS) is 11.0. The minimum absolute atomic E-state index is 0.127. The van der Waals surface area contributed by atoms with Gasteiger partial charge in [0.1, 0.15) is 17.4 Å². The minimum atomic E-state index is -3.71. The highest BCUT2D eigenvalue weighted by Gasteiger charge is 2.14. The Kier molecular flexibility index (Phi) is 5.56. The number of ether oxygens (including phenoxy) is 1. The van der Waals surface area contributed by atoms with E-state index >= 15 is 0 Å². The summed E-state index contributed by atoms with van der Waals surface area (Å²) in [4.78, 5) is 4.31. The number of halogens is 1. The van der Waals surface area contributed by atoms with E-state index in [1.54, 1.807) is 36.4 Å². The predicted molar refractivity (Wildman–Crippen MR) is 102 cm³/mol. The Hall–Kier alpha value is -3.13. The molecule has 8 heteroatoms. The maximum Gasteiger partial charge on any atom is 0.261 e. The maximum atomic E-state index is 12.9. The number of hydrogen-bond donors (Lipinski definition) is 2. The number of benzene rings is 2. The lowest BCUT2D eigenvalue weighted by molar-refractivity contribution is 0.414.